The van der Waals surface area contributed by atoms with Gasteiger partial charge in [0.2, 0.25) is 0 Å². The summed E-state index contributed by atoms with van der Waals surface area (Å²) < 4.78 is 11.3. The highest BCUT2D eigenvalue weighted by atomic mass is 32.1. The van der Waals surface area contributed by atoms with Crippen LogP contribution in [0.4, 0.5) is 0 Å². The highest BCUT2D eigenvalue weighted by molar-refractivity contribution is 7.07. The SMILES string of the molecule is CC(C)COCCOC(c1ccsc1)C(C)N. The van der Waals surface area contributed by atoms with Crippen LogP contribution in [0.15, 0.2) is 16.8 Å². The van der Waals surface area contributed by atoms with E-state index in [0.717, 1.165) is 12.2 Å². The van der Waals surface area contributed by atoms with Crippen LogP contribution in [-0.4, -0.2) is 25.9 Å². The van der Waals surface area contributed by atoms with Crippen LogP contribution in [0.2, 0.25) is 0 Å². The summed E-state index contributed by atoms with van der Waals surface area (Å²) in [6, 6.07) is 2.06. The summed E-state index contributed by atoms with van der Waals surface area (Å²) in [5.41, 5.74) is 7.09. The van der Waals surface area contributed by atoms with Gasteiger partial charge in [-0.25, -0.2) is 0 Å². The number of hydrogen-bond donors (Lipinski definition) is 1. The molecule has 2 unspecified atom stereocenters. The van der Waals surface area contributed by atoms with Crippen molar-refractivity contribution in [3.05, 3.63) is 22.4 Å². The Hall–Kier alpha value is -0.420. The second kappa shape index (κ2) is 7.82. The average Bonchev–Trinajstić information content (AvgIpc) is 2.75. The molecule has 0 saturated heterocycles. The zero-order valence-corrected chi connectivity index (χ0v) is 11.7. The van der Waals surface area contributed by atoms with Gasteiger partial charge in [-0.2, -0.15) is 11.3 Å². The minimum absolute atomic E-state index is 0.00491. The maximum Gasteiger partial charge on any atom is 0.0982 e. The molecule has 0 spiro atoms. The number of thiophene rings is 1. The summed E-state index contributed by atoms with van der Waals surface area (Å²) in [7, 11) is 0. The van der Waals surface area contributed by atoms with Gasteiger partial charge in [0.05, 0.1) is 19.3 Å². The zero-order valence-electron chi connectivity index (χ0n) is 10.9. The Kier molecular flexibility index (Phi) is 6.73. The van der Waals surface area contributed by atoms with E-state index in [1.54, 1.807) is 11.3 Å². The first kappa shape index (κ1) is 14.6. The van der Waals surface area contributed by atoms with Crippen molar-refractivity contribution in [1.82, 2.24) is 0 Å². The second-order valence-corrected chi connectivity index (χ2v) is 5.46. The van der Waals surface area contributed by atoms with Crippen molar-refractivity contribution in [3.8, 4) is 0 Å². The lowest BCUT2D eigenvalue weighted by atomic mass is 10.1. The first-order valence-electron chi connectivity index (χ1n) is 6.08. The smallest absolute Gasteiger partial charge is 0.0982 e. The van der Waals surface area contributed by atoms with Crippen LogP contribution < -0.4 is 5.73 Å². The fraction of sp³-hybridized carbons (Fsp3) is 0.692. The molecular weight excluding hydrogens is 234 g/mol. The summed E-state index contributed by atoms with van der Waals surface area (Å²) in [5, 5.41) is 4.13. The van der Waals surface area contributed by atoms with Crippen molar-refractivity contribution in [2.24, 2.45) is 11.7 Å². The molecule has 0 radical (unpaired) electrons. The van der Waals surface area contributed by atoms with E-state index in [0.29, 0.717) is 19.1 Å². The predicted molar refractivity (Wildman–Crippen MR) is 72.3 cm³/mol. The summed E-state index contributed by atoms with van der Waals surface area (Å²) in [4.78, 5) is 0. The minimum atomic E-state index is -0.0242. The molecule has 98 valence electrons. The highest BCUT2D eigenvalue weighted by Crippen LogP contribution is 2.22. The summed E-state index contributed by atoms with van der Waals surface area (Å²) in [6.45, 7) is 8.25. The predicted octanol–water partition coefficient (Wildman–Crippen LogP) is 2.83. The maximum absolute atomic E-state index is 5.93. The second-order valence-electron chi connectivity index (χ2n) is 4.68. The molecule has 4 heteroatoms. The van der Waals surface area contributed by atoms with Gasteiger partial charge in [0, 0.05) is 12.6 Å². The number of ether oxygens (including phenoxy) is 2. The van der Waals surface area contributed by atoms with E-state index in [1.807, 2.05) is 12.3 Å². The van der Waals surface area contributed by atoms with Gasteiger partial charge in [-0.3, -0.25) is 0 Å². The van der Waals surface area contributed by atoms with Crippen LogP contribution in [0.3, 0.4) is 0 Å². The van der Waals surface area contributed by atoms with Crippen LogP contribution in [0.5, 0.6) is 0 Å². The molecule has 1 aromatic heterocycles. The van der Waals surface area contributed by atoms with Gasteiger partial charge in [-0.15, -0.1) is 0 Å². The van der Waals surface area contributed by atoms with Gasteiger partial charge < -0.3 is 15.2 Å². The van der Waals surface area contributed by atoms with E-state index in [9.17, 15) is 0 Å². The maximum atomic E-state index is 5.93. The van der Waals surface area contributed by atoms with E-state index in [1.165, 1.54) is 0 Å². The molecule has 0 amide bonds. The molecule has 2 atom stereocenters. The Morgan fingerprint density at radius 2 is 2.06 bits per heavy atom. The largest absolute Gasteiger partial charge is 0.379 e. The number of rotatable bonds is 8. The fourth-order valence-corrected chi connectivity index (χ4v) is 2.23. The summed E-state index contributed by atoms with van der Waals surface area (Å²) in [5.74, 6) is 0.566. The van der Waals surface area contributed by atoms with Crippen LogP contribution >= 0.6 is 11.3 Å². The standard InChI is InChI=1S/C13H23NO2S/c1-10(2)8-15-5-6-16-13(11(3)14)12-4-7-17-9-12/h4,7,9-11,13H,5-6,8,14H2,1-3H3. The number of hydrogen-bond acceptors (Lipinski definition) is 4. The van der Waals surface area contributed by atoms with Crippen molar-refractivity contribution in [3.63, 3.8) is 0 Å². The number of nitrogens with two attached hydrogens (primary N) is 1. The third-order valence-electron chi connectivity index (χ3n) is 2.33. The highest BCUT2D eigenvalue weighted by Gasteiger charge is 2.16. The molecule has 0 aliphatic rings. The lowest BCUT2D eigenvalue weighted by Crippen LogP contribution is -2.27. The van der Waals surface area contributed by atoms with Gasteiger partial charge >= 0.3 is 0 Å². The zero-order chi connectivity index (χ0) is 12.7. The molecule has 0 fully saturated rings. The van der Waals surface area contributed by atoms with Gasteiger partial charge in [0.25, 0.3) is 0 Å². The van der Waals surface area contributed by atoms with Crippen LogP contribution in [0, 0.1) is 5.92 Å². The molecule has 0 aliphatic carbocycles. The molecule has 1 aromatic rings. The molecule has 0 saturated carbocycles. The molecular formula is C13H23NO2S. The van der Waals surface area contributed by atoms with Crippen LogP contribution in [0.25, 0.3) is 0 Å². The molecule has 0 aromatic carbocycles. The quantitative estimate of drug-likeness (QED) is 0.728. The van der Waals surface area contributed by atoms with Crippen molar-refractivity contribution in [2.45, 2.75) is 32.9 Å². The first-order valence-corrected chi connectivity index (χ1v) is 7.02. The van der Waals surface area contributed by atoms with E-state index in [2.05, 4.69) is 25.3 Å². The average molecular weight is 257 g/mol. The minimum Gasteiger partial charge on any atom is -0.379 e. The molecule has 0 bridgehead atoms. The molecule has 17 heavy (non-hydrogen) atoms. The normalized spacial score (nSPS) is 15.1. The van der Waals surface area contributed by atoms with Gasteiger partial charge in [-0.1, -0.05) is 13.8 Å². The van der Waals surface area contributed by atoms with E-state index < -0.39 is 0 Å². The molecule has 2 N–H and O–H groups in total. The lowest BCUT2D eigenvalue weighted by Gasteiger charge is -2.20. The van der Waals surface area contributed by atoms with E-state index >= 15 is 0 Å². The van der Waals surface area contributed by atoms with Crippen molar-refractivity contribution >= 4 is 11.3 Å². The van der Waals surface area contributed by atoms with Crippen molar-refractivity contribution in [1.29, 1.82) is 0 Å². The topological polar surface area (TPSA) is 44.5 Å². The molecule has 1 rings (SSSR count). The van der Waals surface area contributed by atoms with Crippen LogP contribution in [-0.2, 0) is 9.47 Å². The lowest BCUT2D eigenvalue weighted by molar-refractivity contribution is -0.00941. The fourth-order valence-electron chi connectivity index (χ4n) is 1.54. The van der Waals surface area contributed by atoms with Crippen LogP contribution in [0.1, 0.15) is 32.4 Å². The third-order valence-corrected chi connectivity index (χ3v) is 3.03. The summed E-state index contributed by atoms with van der Waals surface area (Å²) in [6.07, 6.45) is -0.0242. The third kappa shape index (κ3) is 5.64. The van der Waals surface area contributed by atoms with Gasteiger partial charge in [-0.05, 0) is 35.2 Å². The Balaban J connectivity index is 2.27. The first-order chi connectivity index (χ1) is 8.11. The van der Waals surface area contributed by atoms with E-state index in [4.69, 9.17) is 15.2 Å². The molecule has 0 aliphatic heterocycles. The Morgan fingerprint density at radius 1 is 1.29 bits per heavy atom. The molecule has 3 nitrogen and oxygen atoms in total. The van der Waals surface area contributed by atoms with Crippen molar-refractivity contribution in [2.75, 3.05) is 19.8 Å². The summed E-state index contributed by atoms with van der Waals surface area (Å²) >= 11 is 1.67. The Bertz CT molecular complexity index is 286. The monoisotopic (exact) mass is 257 g/mol. The molecule has 1 heterocycles. The van der Waals surface area contributed by atoms with Crippen molar-refractivity contribution < 1.29 is 9.47 Å². The van der Waals surface area contributed by atoms with Gasteiger partial charge in [0.1, 0.15) is 0 Å². The Labute approximate surface area is 108 Å². The van der Waals surface area contributed by atoms with E-state index in [-0.39, 0.29) is 12.1 Å². The Morgan fingerprint density at radius 3 is 2.59 bits per heavy atom. The van der Waals surface area contributed by atoms with Gasteiger partial charge in [0.15, 0.2) is 0 Å².